The smallest absolute Gasteiger partial charge is 0.157 e. The van der Waals surface area contributed by atoms with Crippen molar-refractivity contribution in [2.24, 2.45) is 0 Å². The first-order valence-electron chi connectivity index (χ1n) is 6.19. The highest BCUT2D eigenvalue weighted by molar-refractivity contribution is 9.09. The van der Waals surface area contributed by atoms with Crippen LogP contribution in [-0.2, 0) is 23.3 Å². The van der Waals surface area contributed by atoms with Crippen LogP contribution in [0.25, 0.3) is 10.8 Å². The molecule has 1 heterocycles. The van der Waals surface area contributed by atoms with Crippen LogP contribution in [0.1, 0.15) is 33.6 Å². The van der Waals surface area contributed by atoms with Crippen molar-refractivity contribution in [3.63, 3.8) is 0 Å². The van der Waals surface area contributed by atoms with Crippen LogP contribution in [0.4, 0.5) is 0 Å². The number of hydrogen-bond acceptors (Lipinski definition) is 2. The summed E-state index contributed by atoms with van der Waals surface area (Å²) in [5.41, 5.74) is 4.46. The quantitative estimate of drug-likeness (QED) is 0.671. The Balaban J connectivity index is 2.32. The number of aromatic nitrogens is 1. The molecular formula is C14H14BrNO2S. The van der Waals surface area contributed by atoms with Crippen LogP contribution in [0.5, 0.6) is 0 Å². The molecule has 2 atom stereocenters. The average molecular weight is 340 g/mol. The van der Waals surface area contributed by atoms with Gasteiger partial charge in [0, 0.05) is 22.1 Å². The van der Waals surface area contributed by atoms with Gasteiger partial charge in [-0.3, -0.25) is 4.98 Å². The minimum atomic E-state index is -1.82. The SMILES string of the molecule is Cc1cc2c(CS(=O)O)cc3c(c2cn1)C(Br)CC3. The van der Waals surface area contributed by atoms with Gasteiger partial charge in [-0.05, 0) is 47.9 Å². The molecule has 0 fully saturated rings. The van der Waals surface area contributed by atoms with Crippen LogP contribution in [0, 0.1) is 6.92 Å². The Morgan fingerprint density at radius 3 is 3.00 bits per heavy atom. The molecule has 0 amide bonds. The Hall–Kier alpha value is -0.780. The molecule has 1 N–H and O–H groups in total. The molecule has 19 heavy (non-hydrogen) atoms. The number of aryl methyl sites for hydroxylation is 2. The summed E-state index contributed by atoms with van der Waals surface area (Å²) in [6, 6.07) is 4.10. The Kier molecular flexibility index (Phi) is 3.45. The maximum Gasteiger partial charge on any atom is 0.157 e. The molecule has 1 aliphatic rings. The standard InChI is InChI=1S/C14H14BrNO2S/c1-8-4-11-10(7-19(17)18)5-9-2-3-13(15)14(9)12(11)6-16-8/h4-6,13H,2-3,7H2,1H3,(H,17,18). The number of pyridine rings is 1. The Bertz CT molecular complexity index is 687. The summed E-state index contributed by atoms with van der Waals surface area (Å²) in [7, 11) is 0. The molecule has 0 saturated heterocycles. The second-order valence-electron chi connectivity index (χ2n) is 4.95. The fraction of sp³-hybridized carbons (Fsp3) is 0.357. The maximum atomic E-state index is 11.1. The topological polar surface area (TPSA) is 50.2 Å². The van der Waals surface area contributed by atoms with E-state index in [4.69, 9.17) is 0 Å². The lowest BCUT2D eigenvalue weighted by molar-refractivity contribution is 0.563. The molecule has 3 rings (SSSR count). The van der Waals surface area contributed by atoms with Crippen molar-refractivity contribution >= 4 is 37.8 Å². The van der Waals surface area contributed by atoms with E-state index in [-0.39, 0.29) is 5.75 Å². The predicted molar refractivity (Wildman–Crippen MR) is 80.9 cm³/mol. The second kappa shape index (κ2) is 4.96. The van der Waals surface area contributed by atoms with Crippen LogP contribution in [0.2, 0.25) is 0 Å². The first kappa shape index (κ1) is 13.2. The fourth-order valence-electron chi connectivity index (χ4n) is 2.83. The third-order valence-corrected chi connectivity index (χ3v) is 5.10. The first-order valence-corrected chi connectivity index (χ1v) is 8.38. The molecule has 0 aliphatic heterocycles. The summed E-state index contributed by atoms with van der Waals surface area (Å²) in [5.74, 6) is 0.181. The fourth-order valence-corrected chi connectivity index (χ4v) is 4.11. The van der Waals surface area contributed by atoms with Crippen molar-refractivity contribution in [2.45, 2.75) is 30.3 Å². The summed E-state index contributed by atoms with van der Waals surface area (Å²) in [6.45, 7) is 1.94. The number of fused-ring (bicyclic) bond motifs is 3. The van der Waals surface area contributed by atoms with Gasteiger partial charge in [-0.25, -0.2) is 4.21 Å². The highest BCUT2D eigenvalue weighted by Gasteiger charge is 2.24. The van der Waals surface area contributed by atoms with Gasteiger partial charge in [0.15, 0.2) is 11.1 Å². The Labute approximate surface area is 122 Å². The van der Waals surface area contributed by atoms with Crippen LogP contribution in [0.15, 0.2) is 18.3 Å². The van der Waals surface area contributed by atoms with Crippen molar-refractivity contribution in [1.82, 2.24) is 4.98 Å². The van der Waals surface area contributed by atoms with Crippen molar-refractivity contribution in [3.05, 3.63) is 40.7 Å². The zero-order valence-corrected chi connectivity index (χ0v) is 12.9. The number of halogens is 1. The van der Waals surface area contributed by atoms with Gasteiger partial charge in [0.05, 0.1) is 5.75 Å². The molecule has 2 aromatic rings. The van der Waals surface area contributed by atoms with E-state index in [1.165, 1.54) is 11.1 Å². The largest absolute Gasteiger partial charge is 0.306 e. The van der Waals surface area contributed by atoms with E-state index in [2.05, 4.69) is 27.0 Å². The molecule has 1 aliphatic carbocycles. The lowest BCUT2D eigenvalue weighted by atomic mass is 9.98. The number of alkyl halides is 1. The molecule has 1 aromatic carbocycles. The molecule has 0 saturated carbocycles. The van der Waals surface area contributed by atoms with Gasteiger partial charge in [-0.15, -0.1) is 0 Å². The summed E-state index contributed by atoms with van der Waals surface area (Å²) in [5, 5.41) is 2.17. The van der Waals surface area contributed by atoms with Gasteiger partial charge in [0.25, 0.3) is 0 Å². The van der Waals surface area contributed by atoms with Crippen LogP contribution >= 0.6 is 15.9 Å². The second-order valence-corrected chi connectivity index (χ2v) is 6.99. The number of nitrogens with zero attached hydrogens (tertiary/aromatic N) is 1. The van der Waals surface area contributed by atoms with Crippen LogP contribution in [-0.4, -0.2) is 13.7 Å². The molecule has 100 valence electrons. The highest BCUT2D eigenvalue weighted by Crippen LogP contribution is 2.43. The minimum Gasteiger partial charge on any atom is -0.306 e. The van der Waals surface area contributed by atoms with E-state index >= 15 is 0 Å². The van der Waals surface area contributed by atoms with Crippen molar-refractivity contribution in [1.29, 1.82) is 0 Å². The molecule has 0 bridgehead atoms. The van der Waals surface area contributed by atoms with E-state index in [1.54, 1.807) is 0 Å². The number of benzene rings is 1. The predicted octanol–water partition coefficient (Wildman–Crippen LogP) is 3.65. The van der Waals surface area contributed by atoms with E-state index in [9.17, 15) is 8.76 Å². The van der Waals surface area contributed by atoms with E-state index in [0.29, 0.717) is 4.83 Å². The van der Waals surface area contributed by atoms with Crippen molar-refractivity contribution < 1.29 is 8.76 Å². The number of rotatable bonds is 2. The maximum absolute atomic E-state index is 11.1. The Morgan fingerprint density at radius 2 is 2.26 bits per heavy atom. The summed E-state index contributed by atoms with van der Waals surface area (Å²) < 4.78 is 20.3. The molecule has 3 nitrogen and oxygen atoms in total. The van der Waals surface area contributed by atoms with E-state index in [1.807, 2.05) is 19.2 Å². The lowest BCUT2D eigenvalue weighted by Gasteiger charge is -2.13. The van der Waals surface area contributed by atoms with Crippen LogP contribution < -0.4 is 0 Å². The molecule has 0 spiro atoms. The van der Waals surface area contributed by atoms with Crippen LogP contribution in [0.3, 0.4) is 0 Å². The van der Waals surface area contributed by atoms with Gasteiger partial charge in [0.1, 0.15) is 0 Å². The molecule has 2 unspecified atom stereocenters. The van der Waals surface area contributed by atoms with E-state index in [0.717, 1.165) is 34.9 Å². The monoisotopic (exact) mass is 339 g/mol. The Morgan fingerprint density at radius 1 is 1.47 bits per heavy atom. The van der Waals surface area contributed by atoms with E-state index < -0.39 is 11.1 Å². The molecular weight excluding hydrogens is 326 g/mol. The molecule has 5 heteroatoms. The molecule has 0 radical (unpaired) electrons. The summed E-state index contributed by atoms with van der Waals surface area (Å²) in [6.07, 6.45) is 3.98. The van der Waals surface area contributed by atoms with Gasteiger partial charge < -0.3 is 4.55 Å². The van der Waals surface area contributed by atoms with Gasteiger partial charge in [-0.1, -0.05) is 22.0 Å². The van der Waals surface area contributed by atoms with Crippen molar-refractivity contribution in [2.75, 3.05) is 0 Å². The van der Waals surface area contributed by atoms with Gasteiger partial charge in [0.2, 0.25) is 0 Å². The lowest BCUT2D eigenvalue weighted by Crippen LogP contribution is -1.99. The summed E-state index contributed by atoms with van der Waals surface area (Å²) in [4.78, 5) is 4.74. The molecule has 1 aromatic heterocycles. The zero-order chi connectivity index (χ0) is 13.6. The van der Waals surface area contributed by atoms with Gasteiger partial charge >= 0.3 is 0 Å². The summed E-state index contributed by atoms with van der Waals surface area (Å²) >= 11 is 1.90. The first-order chi connectivity index (χ1) is 9.06. The zero-order valence-electron chi connectivity index (χ0n) is 10.5. The van der Waals surface area contributed by atoms with Gasteiger partial charge in [-0.2, -0.15) is 0 Å². The average Bonchev–Trinajstić information content (AvgIpc) is 2.70. The highest BCUT2D eigenvalue weighted by atomic mass is 79.9. The third-order valence-electron chi connectivity index (χ3n) is 3.63. The number of hydrogen-bond donors (Lipinski definition) is 1. The normalized spacial score (nSPS) is 19.6. The van der Waals surface area contributed by atoms with Crippen molar-refractivity contribution in [3.8, 4) is 0 Å². The minimum absolute atomic E-state index is 0.181. The third kappa shape index (κ3) is 2.35.